The van der Waals surface area contributed by atoms with E-state index in [0.717, 1.165) is 42.2 Å². The third-order valence-corrected chi connectivity index (χ3v) is 5.27. The molecule has 3 rings (SSSR count). The lowest BCUT2D eigenvalue weighted by Crippen LogP contribution is -2.16. The molecule has 20 heavy (non-hydrogen) atoms. The molecule has 0 atom stereocenters. The highest BCUT2D eigenvalue weighted by atomic mass is 32.2. The third kappa shape index (κ3) is 2.61. The van der Waals surface area contributed by atoms with Crippen LogP contribution < -0.4 is 10.0 Å². The summed E-state index contributed by atoms with van der Waals surface area (Å²) in [6.45, 7) is 2.59. The maximum Gasteiger partial charge on any atom is 0.263 e. The van der Waals surface area contributed by atoms with Crippen LogP contribution in [0.5, 0.6) is 0 Å². The number of aromatic nitrogens is 2. The van der Waals surface area contributed by atoms with Gasteiger partial charge in [0.15, 0.2) is 0 Å². The zero-order valence-electron chi connectivity index (χ0n) is 10.9. The van der Waals surface area contributed by atoms with Crippen LogP contribution in [0.15, 0.2) is 23.1 Å². The van der Waals surface area contributed by atoms with E-state index in [4.69, 9.17) is 0 Å². The van der Waals surface area contributed by atoms with E-state index < -0.39 is 10.0 Å². The van der Waals surface area contributed by atoms with Crippen molar-refractivity contribution in [1.82, 2.24) is 9.36 Å². The molecule has 0 bridgehead atoms. The summed E-state index contributed by atoms with van der Waals surface area (Å²) in [5.41, 5.74) is 2.05. The number of aryl methyl sites for hydroxylation is 2. The lowest BCUT2D eigenvalue weighted by Gasteiger charge is -2.18. The largest absolute Gasteiger partial charge is 0.385 e. The van der Waals surface area contributed by atoms with Gasteiger partial charge in [0.2, 0.25) is 5.13 Å². The Balaban J connectivity index is 1.91. The topological polar surface area (TPSA) is 84.0 Å². The Morgan fingerprint density at radius 1 is 1.40 bits per heavy atom. The Labute approximate surface area is 121 Å². The summed E-state index contributed by atoms with van der Waals surface area (Å²) in [5.74, 6) is 0.555. The molecule has 1 aliphatic rings. The molecule has 2 N–H and O–H groups in total. The predicted octanol–water partition coefficient (Wildman–Crippen LogP) is 2.01. The van der Waals surface area contributed by atoms with Crippen LogP contribution in [-0.4, -0.2) is 24.3 Å². The van der Waals surface area contributed by atoms with E-state index in [0.29, 0.717) is 5.82 Å². The van der Waals surface area contributed by atoms with Crippen molar-refractivity contribution in [2.45, 2.75) is 24.7 Å². The molecule has 0 saturated heterocycles. The van der Waals surface area contributed by atoms with Gasteiger partial charge in [0.25, 0.3) is 10.0 Å². The first-order chi connectivity index (χ1) is 9.54. The molecular weight excluding hydrogens is 296 g/mol. The summed E-state index contributed by atoms with van der Waals surface area (Å²) in [6, 6.07) is 5.16. The quantitative estimate of drug-likeness (QED) is 0.906. The van der Waals surface area contributed by atoms with E-state index in [-0.39, 0.29) is 10.0 Å². The fraction of sp³-hybridized carbons (Fsp3) is 0.333. The Bertz CT molecular complexity index is 740. The summed E-state index contributed by atoms with van der Waals surface area (Å²) in [6.07, 6.45) is 2.05. The Kier molecular flexibility index (Phi) is 3.35. The molecule has 0 amide bonds. The molecule has 2 heterocycles. The molecule has 1 aromatic carbocycles. The van der Waals surface area contributed by atoms with Crippen LogP contribution in [0.25, 0.3) is 0 Å². The minimum atomic E-state index is -3.62. The van der Waals surface area contributed by atoms with Gasteiger partial charge in [-0.3, -0.25) is 4.72 Å². The summed E-state index contributed by atoms with van der Waals surface area (Å²) >= 11 is 1.03. The van der Waals surface area contributed by atoms with Crippen LogP contribution in [-0.2, 0) is 16.4 Å². The fourth-order valence-corrected chi connectivity index (χ4v) is 3.94. The normalized spacial score (nSPS) is 14.4. The molecule has 8 heteroatoms. The minimum Gasteiger partial charge on any atom is -0.385 e. The molecule has 1 aromatic heterocycles. The molecule has 0 spiro atoms. The summed E-state index contributed by atoms with van der Waals surface area (Å²) in [5, 5.41) is 3.51. The van der Waals surface area contributed by atoms with Crippen molar-refractivity contribution >= 4 is 32.4 Å². The standard InChI is InChI=1S/C12H14N4O2S2/c1-8-14-12(19-15-8)16-20(17,18)10-5-4-9-3-2-6-13-11(9)7-10/h4-5,7,13H,2-3,6H2,1H3,(H,14,15,16). The lowest BCUT2D eigenvalue weighted by molar-refractivity contribution is 0.601. The van der Waals surface area contributed by atoms with E-state index in [1.165, 1.54) is 0 Å². The van der Waals surface area contributed by atoms with Gasteiger partial charge in [-0.15, -0.1) is 0 Å². The van der Waals surface area contributed by atoms with Crippen molar-refractivity contribution in [2.75, 3.05) is 16.6 Å². The second-order valence-corrected chi connectivity index (χ2v) is 7.04. The SMILES string of the molecule is Cc1nsc(NS(=O)(=O)c2ccc3c(c2)NCCC3)n1. The Hall–Kier alpha value is -1.67. The lowest BCUT2D eigenvalue weighted by atomic mass is 10.0. The minimum absolute atomic E-state index is 0.235. The van der Waals surface area contributed by atoms with Crippen LogP contribution >= 0.6 is 11.5 Å². The monoisotopic (exact) mass is 310 g/mol. The van der Waals surface area contributed by atoms with Crippen molar-refractivity contribution < 1.29 is 8.42 Å². The highest BCUT2D eigenvalue weighted by Gasteiger charge is 2.19. The number of rotatable bonds is 3. The van der Waals surface area contributed by atoms with Crippen molar-refractivity contribution in [3.63, 3.8) is 0 Å². The molecular formula is C12H14N4O2S2. The fourth-order valence-electron chi connectivity index (χ4n) is 2.12. The summed E-state index contributed by atoms with van der Waals surface area (Å²) in [7, 11) is -3.62. The second kappa shape index (κ2) is 5.02. The molecule has 0 aliphatic carbocycles. The number of hydrogen-bond donors (Lipinski definition) is 2. The number of nitrogens with one attached hydrogen (secondary N) is 2. The first-order valence-corrected chi connectivity index (χ1v) is 8.50. The van der Waals surface area contributed by atoms with E-state index in [9.17, 15) is 8.42 Å². The molecule has 0 unspecified atom stereocenters. The van der Waals surface area contributed by atoms with Crippen molar-refractivity contribution in [1.29, 1.82) is 0 Å². The molecule has 6 nitrogen and oxygen atoms in total. The van der Waals surface area contributed by atoms with Crippen LogP contribution in [0.1, 0.15) is 17.8 Å². The highest BCUT2D eigenvalue weighted by molar-refractivity contribution is 7.93. The maximum atomic E-state index is 12.3. The van der Waals surface area contributed by atoms with E-state index >= 15 is 0 Å². The summed E-state index contributed by atoms with van der Waals surface area (Å²) < 4.78 is 31.0. The van der Waals surface area contributed by atoms with Gasteiger partial charge in [-0.25, -0.2) is 13.4 Å². The smallest absolute Gasteiger partial charge is 0.263 e. The number of nitrogens with zero attached hydrogens (tertiary/aromatic N) is 2. The first-order valence-electron chi connectivity index (χ1n) is 6.24. The molecule has 106 valence electrons. The van der Waals surface area contributed by atoms with Crippen molar-refractivity contribution in [3.8, 4) is 0 Å². The van der Waals surface area contributed by atoms with Gasteiger partial charge >= 0.3 is 0 Å². The van der Waals surface area contributed by atoms with Gasteiger partial charge in [-0.2, -0.15) is 4.37 Å². The summed E-state index contributed by atoms with van der Waals surface area (Å²) in [4.78, 5) is 4.25. The van der Waals surface area contributed by atoms with Crippen molar-refractivity contribution in [2.24, 2.45) is 0 Å². The number of fused-ring (bicyclic) bond motifs is 1. The van der Waals surface area contributed by atoms with Crippen LogP contribution in [0.2, 0.25) is 0 Å². The van der Waals surface area contributed by atoms with Gasteiger partial charge in [0.1, 0.15) is 5.82 Å². The van der Waals surface area contributed by atoms with Crippen molar-refractivity contribution in [3.05, 3.63) is 29.6 Å². The van der Waals surface area contributed by atoms with Gasteiger partial charge in [-0.05, 0) is 37.5 Å². The van der Waals surface area contributed by atoms with E-state index in [1.807, 2.05) is 6.07 Å². The average Bonchev–Trinajstić information content (AvgIpc) is 2.83. The van der Waals surface area contributed by atoms with Gasteiger partial charge in [-0.1, -0.05) is 6.07 Å². The van der Waals surface area contributed by atoms with Crippen LogP contribution in [0.3, 0.4) is 0 Å². The molecule has 2 aromatic rings. The maximum absolute atomic E-state index is 12.3. The van der Waals surface area contributed by atoms with Crippen LogP contribution in [0.4, 0.5) is 10.8 Å². The number of hydrogen-bond acceptors (Lipinski definition) is 6. The number of sulfonamides is 1. The third-order valence-electron chi connectivity index (χ3n) is 3.08. The van der Waals surface area contributed by atoms with E-state index in [2.05, 4.69) is 19.4 Å². The second-order valence-electron chi connectivity index (χ2n) is 4.60. The molecule has 1 aliphatic heterocycles. The molecule has 0 radical (unpaired) electrons. The Morgan fingerprint density at radius 2 is 2.25 bits per heavy atom. The first kappa shape index (κ1) is 13.3. The predicted molar refractivity (Wildman–Crippen MR) is 78.7 cm³/mol. The molecule has 0 fully saturated rings. The number of benzene rings is 1. The van der Waals surface area contributed by atoms with E-state index in [1.54, 1.807) is 19.1 Å². The number of anilines is 2. The zero-order chi connectivity index (χ0) is 14.2. The van der Waals surface area contributed by atoms with Gasteiger partial charge in [0, 0.05) is 23.8 Å². The average molecular weight is 310 g/mol. The van der Waals surface area contributed by atoms with Gasteiger partial charge in [0.05, 0.1) is 4.90 Å². The highest BCUT2D eigenvalue weighted by Crippen LogP contribution is 2.26. The zero-order valence-corrected chi connectivity index (χ0v) is 12.5. The Morgan fingerprint density at radius 3 is 3.00 bits per heavy atom. The van der Waals surface area contributed by atoms with Crippen LogP contribution in [0, 0.1) is 6.92 Å². The molecule has 0 saturated carbocycles. The van der Waals surface area contributed by atoms with Gasteiger partial charge < -0.3 is 5.32 Å².